The Kier molecular flexibility index (Phi) is 3.92. The fraction of sp³-hybridized carbons (Fsp3) is 0.250. The lowest BCUT2D eigenvalue weighted by atomic mass is 10.1. The van der Waals surface area contributed by atoms with Crippen LogP contribution in [0.25, 0.3) is 0 Å². The van der Waals surface area contributed by atoms with Crippen LogP contribution in [0.3, 0.4) is 0 Å². The number of hydrogen-bond acceptors (Lipinski definition) is 2. The molecule has 2 aromatic heterocycles. The summed E-state index contributed by atoms with van der Waals surface area (Å²) in [5.74, 6) is 2.06. The molecule has 3 rings (SSSR count). The van der Waals surface area contributed by atoms with Crippen molar-refractivity contribution in [2.75, 3.05) is 0 Å². The van der Waals surface area contributed by atoms with Crippen molar-refractivity contribution in [3.63, 3.8) is 0 Å². The Morgan fingerprint density at radius 2 is 1.48 bits per heavy atom. The van der Waals surface area contributed by atoms with Crippen molar-refractivity contribution in [3.05, 3.63) is 70.2 Å². The highest BCUT2D eigenvalue weighted by molar-refractivity contribution is 9.10. The minimum atomic E-state index is 0.828. The van der Waals surface area contributed by atoms with Gasteiger partial charge in [0.05, 0.1) is 0 Å². The van der Waals surface area contributed by atoms with Crippen LogP contribution >= 0.6 is 15.9 Å². The minimum absolute atomic E-state index is 0.828. The van der Waals surface area contributed by atoms with Crippen molar-refractivity contribution in [2.24, 2.45) is 0 Å². The van der Waals surface area contributed by atoms with Gasteiger partial charge in [-0.3, -0.25) is 0 Å². The predicted octanol–water partition coefficient (Wildman–Crippen LogP) is 3.56. The van der Waals surface area contributed by atoms with Crippen LogP contribution in [-0.4, -0.2) is 19.1 Å². The molecule has 0 saturated carbocycles. The Morgan fingerprint density at radius 3 is 2.00 bits per heavy atom. The van der Waals surface area contributed by atoms with E-state index in [4.69, 9.17) is 0 Å². The summed E-state index contributed by atoms with van der Waals surface area (Å²) in [6.45, 7) is 5.72. The number of benzene rings is 1. The van der Waals surface area contributed by atoms with Gasteiger partial charge in [-0.15, -0.1) is 0 Å². The summed E-state index contributed by atoms with van der Waals surface area (Å²) in [6.07, 6.45) is 7.72. The molecule has 0 aliphatic heterocycles. The SMILES string of the molecule is Cc1nccn1Cc1ccc(Br)cc1Cn1ccnc1C. The highest BCUT2D eigenvalue weighted by Crippen LogP contribution is 2.20. The average Bonchev–Trinajstić information content (AvgIpc) is 3.03. The monoisotopic (exact) mass is 344 g/mol. The normalized spacial score (nSPS) is 11.0. The molecule has 2 heterocycles. The number of aromatic nitrogens is 4. The largest absolute Gasteiger partial charge is 0.331 e. The molecule has 0 fully saturated rings. The summed E-state index contributed by atoms with van der Waals surface area (Å²) in [4.78, 5) is 8.58. The summed E-state index contributed by atoms with van der Waals surface area (Å²) in [5, 5.41) is 0. The van der Waals surface area contributed by atoms with Crippen molar-refractivity contribution in [3.8, 4) is 0 Å². The number of nitrogens with zero attached hydrogens (tertiary/aromatic N) is 4. The second-order valence-corrected chi connectivity index (χ2v) is 6.03. The van der Waals surface area contributed by atoms with Crippen molar-refractivity contribution in [1.29, 1.82) is 0 Å². The van der Waals surface area contributed by atoms with Crippen LogP contribution in [0.4, 0.5) is 0 Å². The first-order valence-corrected chi connectivity index (χ1v) is 7.65. The first kappa shape index (κ1) is 14.1. The third-order valence-electron chi connectivity index (χ3n) is 3.70. The van der Waals surface area contributed by atoms with E-state index in [1.54, 1.807) is 0 Å². The Bertz CT molecular complexity index is 757. The third-order valence-corrected chi connectivity index (χ3v) is 4.19. The first-order chi connectivity index (χ1) is 10.1. The van der Waals surface area contributed by atoms with Crippen LogP contribution < -0.4 is 0 Å². The summed E-state index contributed by atoms with van der Waals surface area (Å²) in [6, 6.07) is 6.44. The molecule has 0 N–H and O–H groups in total. The maximum absolute atomic E-state index is 4.29. The molecule has 0 spiro atoms. The van der Waals surface area contributed by atoms with Gasteiger partial charge in [-0.05, 0) is 37.1 Å². The molecule has 0 aliphatic carbocycles. The van der Waals surface area contributed by atoms with Gasteiger partial charge < -0.3 is 9.13 Å². The van der Waals surface area contributed by atoms with Crippen molar-refractivity contribution in [2.45, 2.75) is 26.9 Å². The van der Waals surface area contributed by atoms with E-state index in [2.05, 4.69) is 53.2 Å². The lowest BCUT2D eigenvalue weighted by Gasteiger charge is -2.13. The van der Waals surface area contributed by atoms with E-state index < -0.39 is 0 Å². The van der Waals surface area contributed by atoms with Gasteiger partial charge in [0, 0.05) is 42.3 Å². The topological polar surface area (TPSA) is 35.6 Å². The summed E-state index contributed by atoms with van der Waals surface area (Å²) >= 11 is 3.57. The summed E-state index contributed by atoms with van der Waals surface area (Å²) in [7, 11) is 0. The van der Waals surface area contributed by atoms with Crippen molar-refractivity contribution < 1.29 is 0 Å². The van der Waals surface area contributed by atoms with Crippen LogP contribution in [-0.2, 0) is 13.1 Å². The molecule has 0 atom stereocenters. The second-order valence-electron chi connectivity index (χ2n) is 5.12. The predicted molar refractivity (Wildman–Crippen MR) is 86.3 cm³/mol. The number of rotatable bonds is 4. The molecule has 3 aromatic rings. The number of aryl methyl sites for hydroxylation is 2. The highest BCUT2D eigenvalue weighted by atomic mass is 79.9. The van der Waals surface area contributed by atoms with E-state index >= 15 is 0 Å². The van der Waals surface area contributed by atoms with E-state index in [-0.39, 0.29) is 0 Å². The zero-order valence-corrected chi connectivity index (χ0v) is 13.7. The summed E-state index contributed by atoms with van der Waals surface area (Å²) < 4.78 is 5.42. The molecule has 21 heavy (non-hydrogen) atoms. The molecule has 5 heteroatoms. The van der Waals surface area contributed by atoms with Crippen LogP contribution in [0.15, 0.2) is 47.5 Å². The molecule has 0 saturated heterocycles. The zero-order valence-electron chi connectivity index (χ0n) is 12.1. The number of halogens is 1. The Balaban J connectivity index is 1.93. The van der Waals surface area contributed by atoms with Crippen LogP contribution in [0, 0.1) is 13.8 Å². The highest BCUT2D eigenvalue weighted by Gasteiger charge is 2.08. The molecule has 0 aliphatic rings. The fourth-order valence-electron chi connectivity index (χ4n) is 2.40. The van der Waals surface area contributed by atoms with Gasteiger partial charge in [-0.2, -0.15) is 0 Å². The van der Waals surface area contributed by atoms with E-state index in [1.165, 1.54) is 11.1 Å². The molecule has 0 radical (unpaired) electrons. The lowest BCUT2D eigenvalue weighted by Crippen LogP contribution is -2.08. The Labute approximate surface area is 132 Å². The van der Waals surface area contributed by atoms with Crippen LogP contribution in [0.2, 0.25) is 0 Å². The first-order valence-electron chi connectivity index (χ1n) is 6.86. The smallest absolute Gasteiger partial charge is 0.105 e. The molecule has 4 nitrogen and oxygen atoms in total. The summed E-state index contributed by atoms with van der Waals surface area (Å²) in [5.41, 5.74) is 2.59. The molecule has 0 unspecified atom stereocenters. The quantitative estimate of drug-likeness (QED) is 0.725. The second kappa shape index (κ2) is 5.85. The molecule has 108 valence electrons. The maximum atomic E-state index is 4.29. The average molecular weight is 345 g/mol. The maximum Gasteiger partial charge on any atom is 0.105 e. The van der Waals surface area contributed by atoms with Gasteiger partial charge in [-0.25, -0.2) is 9.97 Å². The Morgan fingerprint density at radius 1 is 0.905 bits per heavy atom. The van der Waals surface area contributed by atoms with Crippen LogP contribution in [0.1, 0.15) is 22.8 Å². The third kappa shape index (κ3) is 3.08. The molecule has 0 bridgehead atoms. The van der Waals surface area contributed by atoms with E-state index in [1.807, 2.05) is 38.6 Å². The Hall–Kier alpha value is -1.88. The molecule has 0 amide bonds. The van der Waals surface area contributed by atoms with E-state index in [0.29, 0.717) is 0 Å². The van der Waals surface area contributed by atoms with Crippen molar-refractivity contribution in [1.82, 2.24) is 19.1 Å². The molecular formula is C16H17BrN4. The number of hydrogen-bond donors (Lipinski definition) is 0. The van der Waals surface area contributed by atoms with E-state index in [0.717, 1.165) is 29.2 Å². The van der Waals surface area contributed by atoms with Gasteiger partial charge in [-0.1, -0.05) is 22.0 Å². The van der Waals surface area contributed by atoms with Gasteiger partial charge in [0.2, 0.25) is 0 Å². The zero-order chi connectivity index (χ0) is 14.8. The number of imidazole rings is 2. The van der Waals surface area contributed by atoms with Crippen molar-refractivity contribution >= 4 is 15.9 Å². The standard InChI is InChI=1S/C16H17BrN4/c1-12-18-5-7-20(12)10-14-3-4-16(17)9-15(14)11-21-8-6-19-13(21)2/h3-9H,10-11H2,1-2H3. The van der Waals surface area contributed by atoms with Gasteiger partial charge >= 0.3 is 0 Å². The lowest BCUT2D eigenvalue weighted by molar-refractivity contribution is 0.719. The van der Waals surface area contributed by atoms with Gasteiger partial charge in [0.1, 0.15) is 11.6 Å². The molecule has 1 aromatic carbocycles. The van der Waals surface area contributed by atoms with Crippen LogP contribution in [0.5, 0.6) is 0 Å². The van der Waals surface area contributed by atoms with Gasteiger partial charge in [0.25, 0.3) is 0 Å². The molecular weight excluding hydrogens is 328 g/mol. The van der Waals surface area contributed by atoms with E-state index in [9.17, 15) is 0 Å². The minimum Gasteiger partial charge on any atom is -0.331 e. The fourth-order valence-corrected chi connectivity index (χ4v) is 2.81. The van der Waals surface area contributed by atoms with Gasteiger partial charge in [0.15, 0.2) is 0 Å².